The Morgan fingerprint density at radius 1 is 1.44 bits per heavy atom. The lowest BCUT2D eigenvalue weighted by Gasteiger charge is -2.10. The molecule has 3 N–H and O–H groups in total. The smallest absolute Gasteiger partial charge is 0.304 e. The van der Waals surface area contributed by atoms with Crippen molar-refractivity contribution in [3.05, 3.63) is 34.5 Å². The molecule has 0 amide bonds. The Kier molecular flexibility index (Phi) is 3.22. The molecule has 1 atom stereocenters. The highest BCUT2D eigenvalue weighted by Gasteiger charge is 2.17. The van der Waals surface area contributed by atoms with Crippen LogP contribution in [0.1, 0.15) is 17.2 Å². The lowest BCUT2D eigenvalue weighted by Crippen LogP contribution is -2.15. The molecule has 0 radical (unpaired) electrons. The Labute approximate surface area is 97.5 Å². The normalized spacial score (nSPS) is 12.8. The van der Waals surface area contributed by atoms with Gasteiger partial charge in [0.1, 0.15) is 0 Å². The second-order valence-electron chi connectivity index (χ2n) is 3.72. The van der Waals surface area contributed by atoms with Gasteiger partial charge in [0.2, 0.25) is 0 Å². The van der Waals surface area contributed by atoms with E-state index in [9.17, 15) is 4.79 Å². The first-order valence-electron chi connectivity index (χ1n) is 5.10. The number of rotatable bonds is 4. The Morgan fingerprint density at radius 2 is 2.19 bits per heavy atom. The first-order valence-corrected chi connectivity index (χ1v) is 5.98. The van der Waals surface area contributed by atoms with E-state index in [4.69, 9.17) is 10.8 Å². The molecule has 0 aliphatic rings. The van der Waals surface area contributed by atoms with Crippen molar-refractivity contribution in [3.63, 3.8) is 0 Å². The van der Waals surface area contributed by atoms with Crippen molar-refractivity contribution in [2.75, 3.05) is 6.54 Å². The van der Waals surface area contributed by atoms with Crippen molar-refractivity contribution in [2.24, 2.45) is 5.73 Å². The minimum absolute atomic E-state index is 0.0811. The summed E-state index contributed by atoms with van der Waals surface area (Å²) in [6.07, 6.45) is 0.0982. The van der Waals surface area contributed by atoms with E-state index in [1.165, 1.54) is 0 Å². The van der Waals surface area contributed by atoms with Crippen LogP contribution in [0.15, 0.2) is 29.6 Å². The summed E-state index contributed by atoms with van der Waals surface area (Å²) < 4.78 is 0. The van der Waals surface area contributed by atoms with E-state index in [0.29, 0.717) is 6.54 Å². The minimum Gasteiger partial charge on any atom is -0.481 e. The molecule has 1 aromatic heterocycles. The first-order chi connectivity index (χ1) is 7.72. The van der Waals surface area contributed by atoms with Gasteiger partial charge in [0.15, 0.2) is 0 Å². The van der Waals surface area contributed by atoms with Gasteiger partial charge in [-0.05, 0) is 16.2 Å². The Morgan fingerprint density at radius 3 is 2.88 bits per heavy atom. The van der Waals surface area contributed by atoms with Crippen LogP contribution in [-0.2, 0) is 4.79 Å². The van der Waals surface area contributed by atoms with Crippen LogP contribution >= 0.6 is 11.3 Å². The van der Waals surface area contributed by atoms with E-state index >= 15 is 0 Å². The fourth-order valence-electron chi connectivity index (χ4n) is 1.82. The maximum atomic E-state index is 10.7. The number of thiophene rings is 1. The predicted molar refractivity (Wildman–Crippen MR) is 65.9 cm³/mol. The van der Waals surface area contributed by atoms with Gasteiger partial charge in [-0.25, -0.2) is 0 Å². The van der Waals surface area contributed by atoms with Crippen LogP contribution in [0.5, 0.6) is 0 Å². The summed E-state index contributed by atoms with van der Waals surface area (Å²) in [6.45, 7) is 0.372. The van der Waals surface area contributed by atoms with Crippen LogP contribution in [0.3, 0.4) is 0 Å². The van der Waals surface area contributed by atoms with E-state index in [1.54, 1.807) is 11.3 Å². The maximum absolute atomic E-state index is 10.7. The SMILES string of the molecule is NCC(CC(=O)O)c1scc2ccccc12. The van der Waals surface area contributed by atoms with Crippen molar-refractivity contribution in [3.8, 4) is 0 Å². The summed E-state index contributed by atoms with van der Waals surface area (Å²) in [5.41, 5.74) is 5.65. The fraction of sp³-hybridized carbons (Fsp3) is 0.250. The van der Waals surface area contributed by atoms with Crippen molar-refractivity contribution in [1.82, 2.24) is 0 Å². The highest BCUT2D eigenvalue weighted by atomic mass is 32.1. The van der Waals surface area contributed by atoms with Gasteiger partial charge in [-0.1, -0.05) is 24.3 Å². The van der Waals surface area contributed by atoms with Crippen molar-refractivity contribution < 1.29 is 9.90 Å². The molecule has 84 valence electrons. The molecule has 0 bridgehead atoms. The average Bonchev–Trinajstić information content (AvgIpc) is 2.69. The van der Waals surface area contributed by atoms with Gasteiger partial charge < -0.3 is 10.8 Å². The number of fused-ring (bicyclic) bond motifs is 1. The molecule has 2 rings (SSSR count). The molecule has 0 saturated carbocycles. The van der Waals surface area contributed by atoms with E-state index in [-0.39, 0.29) is 12.3 Å². The second-order valence-corrected chi connectivity index (χ2v) is 4.63. The number of hydrogen-bond donors (Lipinski definition) is 2. The molecule has 0 fully saturated rings. The molecule has 0 saturated heterocycles. The number of carboxylic acid groups (broad SMARTS) is 1. The van der Waals surface area contributed by atoms with E-state index in [1.807, 2.05) is 24.3 Å². The first kappa shape index (κ1) is 11.1. The monoisotopic (exact) mass is 235 g/mol. The molecular formula is C12H13NO2S. The number of hydrogen-bond acceptors (Lipinski definition) is 3. The number of carbonyl (C=O) groups is 1. The summed E-state index contributed by atoms with van der Waals surface area (Å²) >= 11 is 1.59. The van der Waals surface area contributed by atoms with Gasteiger partial charge in [0.05, 0.1) is 6.42 Å². The third-order valence-corrected chi connectivity index (χ3v) is 3.79. The fourth-order valence-corrected chi connectivity index (χ4v) is 2.97. The topological polar surface area (TPSA) is 63.3 Å². The zero-order valence-corrected chi connectivity index (χ0v) is 9.54. The molecule has 1 heterocycles. The van der Waals surface area contributed by atoms with E-state index < -0.39 is 5.97 Å². The number of carboxylic acids is 1. The van der Waals surface area contributed by atoms with Gasteiger partial charge in [-0.15, -0.1) is 11.3 Å². The highest BCUT2D eigenvalue weighted by molar-refractivity contribution is 7.11. The van der Waals surface area contributed by atoms with E-state index in [0.717, 1.165) is 15.6 Å². The van der Waals surface area contributed by atoms with Crippen LogP contribution in [0, 0.1) is 0 Å². The quantitative estimate of drug-likeness (QED) is 0.855. The molecule has 2 aromatic rings. The van der Waals surface area contributed by atoms with E-state index in [2.05, 4.69) is 5.38 Å². The zero-order chi connectivity index (χ0) is 11.5. The molecule has 16 heavy (non-hydrogen) atoms. The Bertz CT molecular complexity index is 506. The summed E-state index contributed by atoms with van der Waals surface area (Å²) in [5.74, 6) is -0.879. The molecule has 4 heteroatoms. The van der Waals surface area contributed by atoms with Crippen LogP contribution in [0.2, 0.25) is 0 Å². The van der Waals surface area contributed by atoms with Gasteiger partial charge >= 0.3 is 5.97 Å². The van der Waals surface area contributed by atoms with Crippen LogP contribution in [0.4, 0.5) is 0 Å². The van der Waals surface area contributed by atoms with Gasteiger partial charge in [0.25, 0.3) is 0 Å². The number of aliphatic carboxylic acids is 1. The van der Waals surface area contributed by atoms with Crippen LogP contribution in [0.25, 0.3) is 10.8 Å². The summed E-state index contributed by atoms with van der Waals surface area (Å²) in [7, 11) is 0. The van der Waals surface area contributed by atoms with Crippen LogP contribution in [-0.4, -0.2) is 17.6 Å². The molecule has 1 unspecified atom stereocenters. The molecule has 0 spiro atoms. The predicted octanol–water partition coefficient (Wildman–Crippen LogP) is 2.42. The zero-order valence-electron chi connectivity index (χ0n) is 8.72. The molecule has 3 nitrogen and oxygen atoms in total. The van der Waals surface area contributed by atoms with Gasteiger partial charge in [-0.2, -0.15) is 0 Å². The molecule has 0 aliphatic carbocycles. The average molecular weight is 235 g/mol. The molecule has 0 aliphatic heterocycles. The molecule has 1 aromatic carbocycles. The summed E-state index contributed by atoms with van der Waals surface area (Å²) in [4.78, 5) is 11.8. The largest absolute Gasteiger partial charge is 0.481 e. The summed E-state index contributed by atoms with van der Waals surface area (Å²) in [5, 5.41) is 13.2. The Hall–Kier alpha value is -1.39. The summed E-state index contributed by atoms with van der Waals surface area (Å²) in [6, 6.07) is 8.00. The number of benzene rings is 1. The third kappa shape index (κ3) is 2.08. The maximum Gasteiger partial charge on any atom is 0.304 e. The van der Waals surface area contributed by atoms with Gasteiger partial charge in [0, 0.05) is 17.3 Å². The highest BCUT2D eigenvalue weighted by Crippen LogP contribution is 2.33. The van der Waals surface area contributed by atoms with Gasteiger partial charge in [-0.3, -0.25) is 4.79 Å². The van der Waals surface area contributed by atoms with Crippen molar-refractivity contribution in [2.45, 2.75) is 12.3 Å². The lowest BCUT2D eigenvalue weighted by molar-refractivity contribution is -0.137. The number of nitrogens with two attached hydrogens (primary N) is 1. The van der Waals surface area contributed by atoms with Crippen molar-refractivity contribution in [1.29, 1.82) is 0 Å². The minimum atomic E-state index is -0.798. The third-order valence-electron chi connectivity index (χ3n) is 2.62. The second kappa shape index (κ2) is 4.63. The van der Waals surface area contributed by atoms with Crippen molar-refractivity contribution >= 4 is 28.1 Å². The molecular weight excluding hydrogens is 222 g/mol. The lowest BCUT2D eigenvalue weighted by atomic mass is 10.0. The Balaban J connectivity index is 2.41. The van der Waals surface area contributed by atoms with Crippen LogP contribution < -0.4 is 5.73 Å². The standard InChI is InChI=1S/C12H13NO2S/c13-6-9(5-11(14)15)12-10-4-2-1-3-8(10)7-16-12/h1-4,7,9H,5-6,13H2,(H,14,15).